The van der Waals surface area contributed by atoms with Crippen molar-refractivity contribution in [1.29, 1.82) is 0 Å². The molecule has 3 unspecified atom stereocenters. The Morgan fingerprint density at radius 1 is 1.35 bits per heavy atom. The molecule has 1 fully saturated rings. The van der Waals surface area contributed by atoms with Crippen LogP contribution in [-0.4, -0.2) is 23.2 Å². The molecule has 1 aromatic heterocycles. The van der Waals surface area contributed by atoms with Crippen LogP contribution in [0.4, 0.5) is 0 Å². The predicted octanol–water partition coefficient (Wildman–Crippen LogP) is 3.54. The van der Waals surface area contributed by atoms with Gasteiger partial charge in [0, 0.05) is 18.4 Å². The molecule has 0 radical (unpaired) electrons. The standard InChI is InChI=1S/C16H29N3O/c1-11-7-6-8-12(9-11)15-18-14(20-19-15)10-13(17-5)16(2,3)4/h11-13,17H,6-10H2,1-5H3. The summed E-state index contributed by atoms with van der Waals surface area (Å²) in [6.45, 7) is 9.01. The topological polar surface area (TPSA) is 51.0 Å². The number of aromatic nitrogens is 2. The van der Waals surface area contributed by atoms with Crippen molar-refractivity contribution in [3.63, 3.8) is 0 Å². The Kier molecular flexibility index (Phi) is 4.84. The molecule has 0 saturated heterocycles. The molecule has 1 heterocycles. The molecule has 2 rings (SSSR count). The predicted molar refractivity (Wildman–Crippen MR) is 80.7 cm³/mol. The van der Waals surface area contributed by atoms with Gasteiger partial charge < -0.3 is 9.84 Å². The number of rotatable bonds is 4. The summed E-state index contributed by atoms with van der Waals surface area (Å²) < 4.78 is 5.48. The van der Waals surface area contributed by atoms with E-state index in [1.165, 1.54) is 25.7 Å². The summed E-state index contributed by atoms with van der Waals surface area (Å²) in [6, 6.07) is 0.348. The van der Waals surface area contributed by atoms with Crippen LogP contribution in [0.25, 0.3) is 0 Å². The molecule has 0 aliphatic heterocycles. The molecule has 0 aromatic carbocycles. The molecule has 0 spiro atoms. The third-order valence-electron chi connectivity index (χ3n) is 4.56. The van der Waals surface area contributed by atoms with Crippen molar-refractivity contribution < 1.29 is 4.52 Å². The number of hydrogen-bond acceptors (Lipinski definition) is 4. The van der Waals surface area contributed by atoms with Crippen LogP contribution in [0.1, 0.15) is 71.0 Å². The number of hydrogen-bond donors (Lipinski definition) is 1. The Morgan fingerprint density at radius 3 is 2.70 bits per heavy atom. The van der Waals surface area contributed by atoms with E-state index < -0.39 is 0 Å². The van der Waals surface area contributed by atoms with Crippen molar-refractivity contribution in [1.82, 2.24) is 15.5 Å². The monoisotopic (exact) mass is 279 g/mol. The molecule has 1 aliphatic rings. The summed E-state index contributed by atoms with van der Waals surface area (Å²) in [5, 5.41) is 7.59. The average molecular weight is 279 g/mol. The van der Waals surface area contributed by atoms with Crippen LogP contribution >= 0.6 is 0 Å². The Morgan fingerprint density at radius 2 is 2.10 bits per heavy atom. The highest BCUT2D eigenvalue weighted by atomic mass is 16.5. The number of nitrogens with zero attached hydrogens (tertiary/aromatic N) is 2. The second kappa shape index (κ2) is 6.25. The maximum absolute atomic E-state index is 5.48. The first kappa shape index (κ1) is 15.5. The highest BCUT2D eigenvalue weighted by molar-refractivity contribution is 4.99. The molecule has 4 nitrogen and oxygen atoms in total. The van der Waals surface area contributed by atoms with Gasteiger partial charge >= 0.3 is 0 Å². The average Bonchev–Trinajstić information content (AvgIpc) is 2.83. The number of nitrogens with one attached hydrogen (secondary N) is 1. The molecule has 0 amide bonds. The van der Waals surface area contributed by atoms with E-state index in [1.807, 2.05) is 7.05 Å². The lowest BCUT2D eigenvalue weighted by Gasteiger charge is -2.29. The number of likely N-dealkylation sites (N-methyl/N-ethyl adjacent to an activating group) is 1. The van der Waals surface area contributed by atoms with E-state index >= 15 is 0 Å². The summed E-state index contributed by atoms with van der Waals surface area (Å²) in [5.41, 5.74) is 0.183. The van der Waals surface area contributed by atoms with Crippen LogP contribution < -0.4 is 5.32 Å². The molecule has 1 aliphatic carbocycles. The van der Waals surface area contributed by atoms with Gasteiger partial charge in [-0.2, -0.15) is 4.98 Å². The van der Waals surface area contributed by atoms with Crippen molar-refractivity contribution >= 4 is 0 Å². The van der Waals surface area contributed by atoms with Gasteiger partial charge in [-0.1, -0.05) is 45.7 Å². The van der Waals surface area contributed by atoms with Crippen LogP contribution in [0.5, 0.6) is 0 Å². The van der Waals surface area contributed by atoms with Gasteiger partial charge in [-0.3, -0.25) is 0 Å². The molecule has 20 heavy (non-hydrogen) atoms. The molecule has 0 bridgehead atoms. The second-order valence-electron chi connectivity index (χ2n) is 7.43. The van der Waals surface area contributed by atoms with Gasteiger partial charge in [0.2, 0.25) is 5.89 Å². The molecule has 1 saturated carbocycles. The van der Waals surface area contributed by atoms with E-state index in [-0.39, 0.29) is 5.41 Å². The third-order valence-corrected chi connectivity index (χ3v) is 4.56. The largest absolute Gasteiger partial charge is 0.339 e. The third kappa shape index (κ3) is 3.81. The van der Waals surface area contributed by atoms with Crippen LogP contribution in [0, 0.1) is 11.3 Å². The maximum atomic E-state index is 5.48. The van der Waals surface area contributed by atoms with Crippen LogP contribution in [0.3, 0.4) is 0 Å². The van der Waals surface area contributed by atoms with E-state index in [2.05, 4.69) is 43.2 Å². The fourth-order valence-corrected chi connectivity index (χ4v) is 3.20. The first-order valence-electron chi connectivity index (χ1n) is 7.90. The van der Waals surface area contributed by atoms with Gasteiger partial charge in [-0.05, 0) is 31.2 Å². The maximum Gasteiger partial charge on any atom is 0.228 e. The first-order valence-corrected chi connectivity index (χ1v) is 7.90. The van der Waals surface area contributed by atoms with Crippen molar-refractivity contribution in [2.24, 2.45) is 11.3 Å². The van der Waals surface area contributed by atoms with Crippen LogP contribution in [0.2, 0.25) is 0 Å². The van der Waals surface area contributed by atoms with Crippen molar-refractivity contribution in [3.8, 4) is 0 Å². The van der Waals surface area contributed by atoms with Crippen molar-refractivity contribution in [2.45, 2.75) is 71.8 Å². The van der Waals surface area contributed by atoms with Crippen molar-refractivity contribution in [3.05, 3.63) is 11.7 Å². The molecule has 1 aromatic rings. The molecule has 4 heteroatoms. The van der Waals surface area contributed by atoms with Gasteiger partial charge in [-0.15, -0.1) is 0 Å². The minimum atomic E-state index is 0.183. The van der Waals surface area contributed by atoms with E-state index in [4.69, 9.17) is 4.52 Å². The Labute approximate surface area is 122 Å². The van der Waals surface area contributed by atoms with Crippen molar-refractivity contribution in [2.75, 3.05) is 7.05 Å². The second-order valence-corrected chi connectivity index (χ2v) is 7.43. The van der Waals surface area contributed by atoms with Gasteiger partial charge in [-0.25, -0.2) is 0 Å². The smallest absolute Gasteiger partial charge is 0.228 e. The lowest BCUT2D eigenvalue weighted by molar-refractivity contribution is 0.254. The fourth-order valence-electron chi connectivity index (χ4n) is 3.20. The van der Waals surface area contributed by atoms with E-state index in [1.54, 1.807) is 0 Å². The Balaban J connectivity index is 2.01. The Hall–Kier alpha value is -0.900. The van der Waals surface area contributed by atoms with E-state index in [9.17, 15) is 0 Å². The zero-order chi connectivity index (χ0) is 14.8. The zero-order valence-corrected chi connectivity index (χ0v) is 13.6. The van der Waals surface area contributed by atoms with E-state index in [0.717, 1.165) is 24.1 Å². The SMILES string of the molecule is CNC(Cc1nc(C2CCCC(C)C2)no1)C(C)(C)C. The summed E-state index contributed by atoms with van der Waals surface area (Å²) in [4.78, 5) is 4.65. The lowest BCUT2D eigenvalue weighted by atomic mass is 9.82. The van der Waals surface area contributed by atoms with Gasteiger partial charge in [0.05, 0.1) is 0 Å². The molecular formula is C16H29N3O. The first-order chi connectivity index (χ1) is 9.40. The quantitative estimate of drug-likeness (QED) is 0.916. The van der Waals surface area contributed by atoms with Gasteiger partial charge in [0.15, 0.2) is 5.82 Å². The lowest BCUT2D eigenvalue weighted by Crippen LogP contribution is -2.39. The highest BCUT2D eigenvalue weighted by Crippen LogP contribution is 2.34. The molecule has 114 valence electrons. The fraction of sp³-hybridized carbons (Fsp3) is 0.875. The minimum Gasteiger partial charge on any atom is -0.339 e. The van der Waals surface area contributed by atoms with Crippen LogP contribution in [-0.2, 0) is 6.42 Å². The molecular weight excluding hydrogens is 250 g/mol. The Bertz CT molecular complexity index is 422. The summed E-state index contributed by atoms with van der Waals surface area (Å²) in [6.07, 6.45) is 5.84. The summed E-state index contributed by atoms with van der Waals surface area (Å²) in [7, 11) is 2.00. The van der Waals surface area contributed by atoms with Gasteiger partial charge in [0.1, 0.15) is 0 Å². The highest BCUT2D eigenvalue weighted by Gasteiger charge is 2.28. The van der Waals surface area contributed by atoms with Gasteiger partial charge in [0.25, 0.3) is 0 Å². The normalized spacial score (nSPS) is 25.6. The summed E-state index contributed by atoms with van der Waals surface area (Å²) >= 11 is 0. The zero-order valence-electron chi connectivity index (χ0n) is 13.6. The molecule has 3 atom stereocenters. The van der Waals surface area contributed by atoms with E-state index in [0.29, 0.717) is 12.0 Å². The van der Waals surface area contributed by atoms with Crippen LogP contribution in [0.15, 0.2) is 4.52 Å². The minimum absolute atomic E-state index is 0.183. The summed E-state index contributed by atoms with van der Waals surface area (Å²) in [5.74, 6) is 2.98. The molecule has 1 N–H and O–H groups in total.